The van der Waals surface area contributed by atoms with Crippen molar-refractivity contribution in [1.82, 2.24) is 20.3 Å². The first kappa shape index (κ1) is 12.8. The third kappa shape index (κ3) is 2.43. The normalized spacial score (nSPS) is 28.1. The van der Waals surface area contributed by atoms with Crippen molar-refractivity contribution in [2.24, 2.45) is 11.8 Å². The lowest BCUT2D eigenvalue weighted by molar-refractivity contribution is 0.0814. The molecule has 1 saturated heterocycles. The van der Waals surface area contributed by atoms with Gasteiger partial charge in [0.2, 0.25) is 0 Å². The van der Waals surface area contributed by atoms with E-state index in [1.54, 1.807) is 0 Å². The minimum atomic E-state index is 0.170. The van der Waals surface area contributed by atoms with E-state index in [1.807, 2.05) is 10.9 Å². The first-order chi connectivity index (χ1) is 9.29. The number of aromatic nitrogens is 3. The first-order valence-corrected chi connectivity index (χ1v) is 7.46. The summed E-state index contributed by atoms with van der Waals surface area (Å²) in [6, 6.07) is 0.377. The zero-order valence-corrected chi connectivity index (χ0v) is 11.5. The highest BCUT2D eigenvalue weighted by molar-refractivity contribution is 5.96. The number of Topliss-reactive ketones (excluding diaryl/α,β-unsaturated/α-hetero) is 1. The Hall–Kier alpha value is -1.23. The van der Waals surface area contributed by atoms with Gasteiger partial charge in [-0.2, -0.15) is 0 Å². The topological polar surface area (TPSA) is 59.8 Å². The Kier molecular flexibility index (Phi) is 3.64. The number of nitrogens with one attached hydrogen (secondary N) is 1. The quantitative estimate of drug-likeness (QED) is 0.841. The number of carbonyl (C=O) groups excluding carboxylic acids is 1. The summed E-state index contributed by atoms with van der Waals surface area (Å²) in [4.78, 5) is 12.6. The molecule has 3 rings (SSSR count). The molecule has 19 heavy (non-hydrogen) atoms. The molecule has 0 radical (unpaired) electrons. The number of hydrogen-bond donors (Lipinski definition) is 1. The summed E-state index contributed by atoms with van der Waals surface area (Å²) in [5.74, 6) is 0.922. The van der Waals surface area contributed by atoms with Gasteiger partial charge >= 0.3 is 0 Å². The number of ketones is 1. The maximum atomic E-state index is 12.6. The molecule has 2 atom stereocenters. The van der Waals surface area contributed by atoms with Crippen LogP contribution in [0.1, 0.15) is 55.6 Å². The predicted molar refractivity (Wildman–Crippen MR) is 72.0 cm³/mol. The molecular weight excluding hydrogens is 240 g/mol. The highest BCUT2D eigenvalue weighted by atomic mass is 16.1. The fourth-order valence-corrected chi connectivity index (χ4v) is 3.26. The van der Waals surface area contributed by atoms with Crippen molar-refractivity contribution in [3.63, 3.8) is 0 Å². The van der Waals surface area contributed by atoms with E-state index in [0.717, 1.165) is 25.9 Å². The van der Waals surface area contributed by atoms with Gasteiger partial charge in [0.05, 0.1) is 12.2 Å². The SMILES string of the molecule is CCC1CCCCC1C(=O)c1cn(C2CNC2)nn1. The van der Waals surface area contributed by atoms with Crippen molar-refractivity contribution in [1.29, 1.82) is 0 Å². The van der Waals surface area contributed by atoms with Crippen molar-refractivity contribution in [3.05, 3.63) is 11.9 Å². The molecule has 1 saturated carbocycles. The molecule has 2 fully saturated rings. The van der Waals surface area contributed by atoms with Crippen molar-refractivity contribution < 1.29 is 4.79 Å². The zero-order chi connectivity index (χ0) is 13.2. The Morgan fingerprint density at radius 2 is 2.21 bits per heavy atom. The molecule has 0 bridgehead atoms. The summed E-state index contributed by atoms with van der Waals surface area (Å²) in [5, 5.41) is 11.4. The van der Waals surface area contributed by atoms with Crippen LogP contribution >= 0.6 is 0 Å². The second kappa shape index (κ2) is 5.41. The van der Waals surface area contributed by atoms with Gasteiger partial charge in [0.15, 0.2) is 5.78 Å². The van der Waals surface area contributed by atoms with E-state index in [2.05, 4.69) is 22.6 Å². The van der Waals surface area contributed by atoms with Crippen molar-refractivity contribution in [3.8, 4) is 0 Å². The Labute approximate surface area is 113 Å². The minimum absolute atomic E-state index is 0.170. The maximum absolute atomic E-state index is 12.6. The molecule has 1 aromatic heterocycles. The summed E-state index contributed by atoms with van der Waals surface area (Å²) in [6.07, 6.45) is 7.59. The van der Waals surface area contributed by atoms with Gasteiger partial charge in [0.1, 0.15) is 5.69 Å². The second-order valence-corrected chi connectivity index (χ2v) is 5.82. The van der Waals surface area contributed by atoms with Gasteiger partial charge in [-0.05, 0) is 18.8 Å². The molecule has 2 heterocycles. The molecule has 5 nitrogen and oxygen atoms in total. The molecule has 0 amide bonds. The predicted octanol–water partition coefficient (Wildman–Crippen LogP) is 1.82. The van der Waals surface area contributed by atoms with E-state index in [1.165, 1.54) is 19.3 Å². The van der Waals surface area contributed by atoms with Crippen molar-refractivity contribution >= 4 is 5.78 Å². The Morgan fingerprint density at radius 3 is 2.89 bits per heavy atom. The van der Waals surface area contributed by atoms with Crippen LogP contribution in [0.15, 0.2) is 6.20 Å². The smallest absolute Gasteiger partial charge is 0.188 e. The molecule has 2 aliphatic rings. The summed E-state index contributed by atoms with van der Waals surface area (Å²) < 4.78 is 1.84. The molecule has 5 heteroatoms. The Balaban J connectivity index is 1.73. The molecule has 1 N–H and O–H groups in total. The van der Waals surface area contributed by atoms with Gasteiger partial charge in [-0.3, -0.25) is 4.79 Å². The monoisotopic (exact) mass is 262 g/mol. The van der Waals surface area contributed by atoms with Gasteiger partial charge in [-0.1, -0.05) is 31.4 Å². The number of rotatable bonds is 4. The molecular formula is C14H22N4O. The van der Waals surface area contributed by atoms with Crippen LogP contribution < -0.4 is 5.32 Å². The largest absolute Gasteiger partial charge is 0.312 e. The van der Waals surface area contributed by atoms with E-state index in [4.69, 9.17) is 0 Å². The van der Waals surface area contributed by atoms with Crippen molar-refractivity contribution in [2.75, 3.05) is 13.1 Å². The van der Waals surface area contributed by atoms with Gasteiger partial charge < -0.3 is 5.32 Å². The van der Waals surface area contributed by atoms with Crippen LogP contribution in [0.4, 0.5) is 0 Å². The Morgan fingerprint density at radius 1 is 1.42 bits per heavy atom. The standard InChI is InChI=1S/C14H22N4O/c1-2-10-5-3-4-6-12(10)14(19)13-9-18(17-16-13)11-7-15-8-11/h9-12,15H,2-8H2,1H3. The Bertz CT molecular complexity index is 452. The van der Waals surface area contributed by atoms with E-state index < -0.39 is 0 Å². The fourth-order valence-electron chi connectivity index (χ4n) is 3.26. The molecule has 0 aromatic carbocycles. The second-order valence-electron chi connectivity index (χ2n) is 5.82. The minimum Gasteiger partial charge on any atom is -0.312 e. The van der Waals surface area contributed by atoms with Crippen LogP contribution in [-0.2, 0) is 0 Å². The molecule has 1 aromatic rings. The highest BCUT2D eigenvalue weighted by Gasteiger charge is 2.32. The summed E-state index contributed by atoms with van der Waals surface area (Å²) in [7, 11) is 0. The van der Waals surface area contributed by atoms with E-state index in [0.29, 0.717) is 17.7 Å². The summed E-state index contributed by atoms with van der Waals surface area (Å²) in [5.41, 5.74) is 0.567. The first-order valence-electron chi connectivity index (χ1n) is 7.46. The van der Waals surface area contributed by atoms with Crippen LogP contribution in [0.25, 0.3) is 0 Å². The fraction of sp³-hybridized carbons (Fsp3) is 0.786. The number of hydrogen-bond acceptors (Lipinski definition) is 4. The average Bonchev–Trinajstić information content (AvgIpc) is 2.85. The van der Waals surface area contributed by atoms with Gasteiger partial charge in [-0.25, -0.2) is 4.68 Å². The lowest BCUT2D eigenvalue weighted by Gasteiger charge is -2.29. The average molecular weight is 262 g/mol. The number of carbonyl (C=O) groups is 1. The van der Waals surface area contributed by atoms with Crippen LogP contribution in [0.2, 0.25) is 0 Å². The molecule has 2 unspecified atom stereocenters. The van der Waals surface area contributed by atoms with Gasteiger partial charge in [0.25, 0.3) is 0 Å². The lowest BCUT2D eigenvalue weighted by Crippen LogP contribution is -2.43. The van der Waals surface area contributed by atoms with Crippen LogP contribution in [0.5, 0.6) is 0 Å². The van der Waals surface area contributed by atoms with E-state index >= 15 is 0 Å². The summed E-state index contributed by atoms with van der Waals surface area (Å²) >= 11 is 0. The molecule has 1 aliphatic carbocycles. The molecule has 0 spiro atoms. The summed E-state index contributed by atoms with van der Waals surface area (Å²) in [6.45, 7) is 4.04. The van der Waals surface area contributed by atoms with Gasteiger partial charge in [0, 0.05) is 19.0 Å². The highest BCUT2D eigenvalue weighted by Crippen LogP contribution is 2.34. The zero-order valence-electron chi connectivity index (χ0n) is 11.5. The van der Waals surface area contributed by atoms with Crippen LogP contribution in [0, 0.1) is 11.8 Å². The van der Waals surface area contributed by atoms with E-state index in [-0.39, 0.29) is 11.7 Å². The third-order valence-electron chi connectivity index (χ3n) is 4.67. The maximum Gasteiger partial charge on any atom is 0.188 e. The van der Waals surface area contributed by atoms with Gasteiger partial charge in [-0.15, -0.1) is 5.10 Å². The number of nitrogens with zero attached hydrogens (tertiary/aromatic N) is 3. The van der Waals surface area contributed by atoms with Crippen LogP contribution in [-0.4, -0.2) is 33.9 Å². The van der Waals surface area contributed by atoms with Crippen molar-refractivity contribution in [2.45, 2.75) is 45.1 Å². The van der Waals surface area contributed by atoms with Crippen LogP contribution in [0.3, 0.4) is 0 Å². The third-order valence-corrected chi connectivity index (χ3v) is 4.67. The molecule has 104 valence electrons. The van der Waals surface area contributed by atoms with E-state index in [9.17, 15) is 4.79 Å². The lowest BCUT2D eigenvalue weighted by atomic mass is 9.75. The molecule has 1 aliphatic heterocycles.